The van der Waals surface area contributed by atoms with Gasteiger partial charge < -0.3 is 15.4 Å². The Balaban J connectivity index is 1.58. The van der Waals surface area contributed by atoms with E-state index in [1.165, 1.54) is 5.57 Å². The van der Waals surface area contributed by atoms with Crippen molar-refractivity contribution in [2.75, 3.05) is 0 Å². The zero-order chi connectivity index (χ0) is 27.2. The van der Waals surface area contributed by atoms with Gasteiger partial charge in [-0.05, 0) is 55.7 Å². The second kappa shape index (κ2) is 10.1. The molecule has 200 valence electrons. The number of rotatable bonds is 2. The average Bonchev–Trinajstić information content (AvgIpc) is 3.43. The Bertz CT molecular complexity index is 1360. The number of hydrogen-bond acceptors (Lipinski definition) is 4. The number of ketones is 2. The van der Waals surface area contributed by atoms with Crippen molar-refractivity contribution in [3.63, 3.8) is 0 Å². The van der Waals surface area contributed by atoms with Crippen molar-refractivity contribution in [2.45, 2.75) is 65.5 Å². The van der Waals surface area contributed by atoms with E-state index < -0.39 is 11.5 Å². The van der Waals surface area contributed by atoms with Gasteiger partial charge in [0, 0.05) is 47.8 Å². The van der Waals surface area contributed by atoms with E-state index in [2.05, 4.69) is 42.4 Å². The highest BCUT2D eigenvalue weighted by molar-refractivity contribution is 6.10. The van der Waals surface area contributed by atoms with Crippen molar-refractivity contribution in [3.05, 3.63) is 71.5 Å². The van der Waals surface area contributed by atoms with Crippen molar-refractivity contribution >= 4 is 28.4 Å². The summed E-state index contributed by atoms with van der Waals surface area (Å²) in [6.45, 7) is 8.00. The summed E-state index contributed by atoms with van der Waals surface area (Å²) in [5, 5.41) is 14.9. The molecule has 3 aliphatic rings. The highest BCUT2D eigenvalue weighted by Crippen LogP contribution is 2.55. The lowest BCUT2D eigenvalue weighted by Crippen LogP contribution is -2.52. The normalized spacial score (nSPS) is 36.6. The Kier molecular flexibility index (Phi) is 7.03. The number of aromatic amines is 1. The summed E-state index contributed by atoms with van der Waals surface area (Å²) in [5.41, 5.74) is 2.66. The third kappa shape index (κ3) is 4.29. The number of Topliss-reactive ketones (excluding diaryl/α,β-unsaturated/α-hetero) is 2. The molecule has 2 heterocycles. The summed E-state index contributed by atoms with van der Waals surface area (Å²) in [4.78, 5) is 44.4. The van der Waals surface area contributed by atoms with Gasteiger partial charge in [-0.15, -0.1) is 0 Å². The third-order valence-electron chi connectivity index (χ3n) is 9.19. The fourth-order valence-electron chi connectivity index (χ4n) is 7.12. The second-order valence-corrected chi connectivity index (χ2v) is 11.6. The van der Waals surface area contributed by atoms with Gasteiger partial charge in [-0.3, -0.25) is 14.4 Å². The monoisotopic (exact) mass is 514 g/mol. The van der Waals surface area contributed by atoms with E-state index in [0.29, 0.717) is 18.4 Å². The Morgan fingerprint density at radius 3 is 2.58 bits per heavy atom. The summed E-state index contributed by atoms with van der Waals surface area (Å²) in [6, 6.07) is 7.89. The van der Waals surface area contributed by atoms with Crippen LogP contribution in [0.25, 0.3) is 10.9 Å². The molecular weight excluding hydrogens is 476 g/mol. The van der Waals surface area contributed by atoms with E-state index in [-0.39, 0.29) is 60.0 Å². The molecule has 0 unspecified atom stereocenters. The van der Waals surface area contributed by atoms with Crippen molar-refractivity contribution in [1.82, 2.24) is 10.3 Å². The minimum Gasteiger partial charge on any atom is -0.381 e. The number of aliphatic hydroxyl groups is 1. The first kappa shape index (κ1) is 26.4. The summed E-state index contributed by atoms with van der Waals surface area (Å²) < 4.78 is 0. The van der Waals surface area contributed by atoms with Gasteiger partial charge in [-0.2, -0.15) is 0 Å². The Labute approximate surface area is 224 Å². The maximum Gasteiger partial charge on any atom is 0.235 e. The van der Waals surface area contributed by atoms with Gasteiger partial charge in [0.15, 0.2) is 5.78 Å². The topological polar surface area (TPSA) is 99.3 Å². The van der Waals surface area contributed by atoms with Crippen LogP contribution in [0, 0.1) is 29.1 Å². The number of aromatic nitrogens is 1. The van der Waals surface area contributed by atoms with E-state index >= 15 is 0 Å². The van der Waals surface area contributed by atoms with Crippen molar-refractivity contribution < 1.29 is 19.5 Å². The van der Waals surface area contributed by atoms with Crippen LogP contribution in [0.2, 0.25) is 0 Å². The van der Waals surface area contributed by atoms with Crippen LogP contribution in [0.1, 0.15) is 52.5 Å². The molecule has 0 saturated carbocycles. The van der Waals surface area contributed by atoms with Gasteiger partial charge in [0.1, 0.15) is 17.3 Å². The predicted molar refractivity (Wildman–Crippen MR) is 148 cm³/mol. The number of H-pyrrole nitrogens is 1. The lowest BCUT2D eigenvalue weighted by Gasteiger charge is -2.44. The number of fused-ring (bicyclic) bond motifs is 1. The summed E-state index contributed by atoms with van der Waals surface area (Å²) in [6.07, 6.45) is 10.0. The molecule has 5 rings (SSSR count). The fraction of sp³-hybridized carbons (Fsp3) is 0.469. The Hall–Kier alpha value is -3.25. The summed E-state index contributed by atoms with van der Waals surface area (Å²) in [7, 11) is 0. The molecule has 2 aromatic rings. The number of carbonyl (C=O) groups excluding carboxylic acids is 3. The zero-order valence-corrected chi connectivity index (χ0v) is 22.7. The number of aliphatic hydroxyl groups excluding tert-OH is 1. The number of amides is 1. The summed E-state index contributed by atoms with van der Waals surface area (Å²) in [5.74, 6) is -1.34. The van der Waals surface area contributed by atoms with E-state index in [1.807, 2.05) is 43.5 Å². The van der Waals surface area contributed by atoms with E-state index in [1.54, 1.807) is 6.92 Å². The molecular formula is C32H38N2O4. The Morgan fingerprint density at radius 1 is 1.03 bits per heavy atom. The number of allylic oxidation sites excluding steroid dienone is 5. The molecule has 3 N–H and O–H groups in total. The first-order valence-corrected chi connectivity index (χ1v) is 13.8. The quantitative estimate of drug-likeness (QED) is 0.394. The third-order valence-corrected chi connectivity index (χ3v) is 9.19. The molecule has 1 amide bonds. The van der Waals surface area contributed by atoms with Crippen molar-refractivity contribution in [3.8, 4) is 0 Å². The maximum atomic E-state index is 14.2. The van der Waals surface area contributed by atoms with E-state index in [9.17, 15) is 19.5 Å². The number of carbonyl (C=O) groups is 3. The molecule has 2 aliphatic carbocycles. The molecule has 1 aromatic heterocycles. The average molecular weight is 515 g/mol. The van der Waals surface area contributed by atoms with Crippen LogP contribution in [0.3, 0.4) is 0 Å². The lowest BCUT2D eigenvalue weighted by molar-refractivity contribution is -0.146. The molecule has 1 aromatic carbocycles. The number of hydrogen-bond donors (Lipinski definition) is 3. The molecule has 1 aliphatic heterocycles. The maximum absolute atomic E-state index is 14.2. The first-order chi connectivity index (χ1) is 18.1. The van der Waals surface area contributed by atoms with Crippen LogP contribution in [0.15, 0.2) is 65.9 Å². The standard InChI is InChI=1S/C32H38N2O4/c1-18-8-7-9-23-15-19(2)21(4)29-26(16-22-17-33-25-11-6-5-10-24(22)25)34-31(38)32(23,29)28(36)13-12-27(35)30(37)20(3)14-18/h5-7,9-11,14-15,17-18,21,23,26,29-30,33,37H,8,12-13,16H2,1-4H3,(H,34,38)/b9-7+,20-14-/t18-,21+,23-,26-,29-,30+,32+/m0/s1. The number of para-hydroxylation sites is 1. The van der Waals surface area contributed by atoms with Crippen molar-refractivity contribution in [2.24, 2.45) is 29.1 Å². The van der Waals surface area contributed by atoms with Gasteiger partial charge in [0.25, 0.3) is 0 Å². The molecule has 38 heavy (non-hydrogen) atoms. The van der Waals surface area contributed by atoms with E-state index in [0.717, 1.165) is 16.5 Å². The van der Waals surface area contributed by atoms with Gasteiger partial charge in [-0.25, -0.2) is 0 Å². The van der Waals surface area contributed by atoms with Gasteiger partial charge >= 0.3 is 0 Å². The molecule has 1 fully saturated rings. The molecule has 1 saturated heterocycles. The zero-order valence-electron chi connectivity index (χ0n) is 22.7. The van der Waals surface area contributed by atoms with Gasteiger partial charge in [0.05, 0.1) is 0 Å². The lowest BCUT2D eigenvalue weighted by atomic mass is 9.54. The van der Waals surface area contributed by atoms with Gasteiger partial charge in [-0.1, -0.05) is 61.9 Å². The number of benzene rings is 1. The molecule has 6 heteroatoms. The largest absolute Gasteiger partial charge is 0.381 e. The minimum absolute atomic E-state index is 0.0116. The highest BCUT2D eigenvalue weighted by atomic mass is 16.3. The summed E-state index contributed by atoms with van der Waals surface area (Å²) >= 11 is 0. The first-order valence-electron chi connectivity index (χ1n) is 13.8. The molecule has 0 bridgehead atoms. The molecule has 1 spiro atoms. The van der Waals surface area contributed by atoms with Crippen LogP contribution in [-0.2, 0) is 20.8 Å². The van der Waals surface area contributed by atoms with Crippen LogP contribution < -0.4 is 5.32 Å². The molecule has 7 atom stereocenters. The highest BCUT2D eigenvalue weighted by Gasteiger charge is 2.65. The van der Waals surface area contributed by atoms with Crippen LogP contribution in [0.5, 0.6) is 0 Å². The number of nitrogens with one attached hydrogen (secondary N) is 2. The predicted octanol–water partition coefficient (Wildman–Crippen LogP) is 4.85. The van der Waals surface area contributed by atoms with Crippen molar-refractivity contribution in [1.29, 1.82) is 0 Å². The Morgan fingerprint density at radius 2 is 1.79 bits per heavy atom. The SMILES string of the molecule is CC1=C[C@@H]2/C=C/C[C@H](C)/C=C(/C)[C@@H](O)C(=O)CCC(=O)[C@]23C(=O)N[C@@H](Cc2c[nH]c4ccccc24)[C@@H]3[C@@H]1C. The van der Waals surface area contributed by atoms with Crippen LogP contribution in [0.4, 0.5) is 0 Å². The minimum atomic E-state index is -1.28. The molecule has 6 nitrogen and oxygen atoms in total. The van der Waals surface area contributed by atoms with Crippen LogP contribution >= 0.6 is 0 Å². The van der Waals surface area contributed by atoms with E-state index in [4.69, 9.17) is 0 Å². The van der Waals surface area contributed by atoms with Crippen LogP contribution in [-0.4, -0.2) is 39.7 Å². The molecule has 0 radical (unpaired) electrons. The smallest absolute Gasteiger partial charge is 0.235 e. The fourth-order valence-corrected chi connectivity index (χ4v) is 7.12. The van der Waals surface area contributed by atoms with Gasteiger partial charge in [0.2, 0.25) is 5.91 Å². The second-order valence-electron chi connectivity index (χ2n) is 11.6.